The zero-order chi connectivity index (χ0) is 15.0. The lowest BCUT2D eigenvalue weighted by atomic mass is 10.1. The number of benzene rings is 1. The van der Waals surface area contributed by atoms with Crippen molar-refractivity contribution >= 4 is 50.3 Å². The second kappa shape index (κ2) is 5.31. The number of carboxylic acid groups (broad SMARTS) is 1. The molecule has 2 heterocycles. The average Bonchev–Trinajstić information content (AvgIpc) is 3.04. The average molecular weight is 322 g/mol. The highest BCUT2D eigenvalue weighted by molar-refractivity contribution is 8.01. The van der Waals surface area contributed by atoms with E-state index in [0.717, 1.165) is 23.3 Å². The summed E-state index contributed by atoms with van der Waals surface area (Å²) in [6, 6.07) is 4.76. The second-order valence-corrected chi connectivity index (χ2v) is 7.77. The van der Waals surface area contributed by atoms with Gasteiger partial charge in [-0.1, -0.05) is 11.3 Å². The molecule has 1 unspecified atom stereocenters. The molecule has 0 radical (unpaired) electrons. The summed E-state index contributed by atoms with van der Waals surface area (Å²) in [5, 5.41) is 12.4. The first kappa shape index (κ1) is 14.3. The summed E-state index contributed by atoms with van der Waals surface area (Å²) in [5.74, 6) is 0.0133. The smallest absolute Gasteiger partial charge is 0.335 e. The van der Waals surface area contributed by atoms with Crippen LogP contribution in [0.25, 0.3) is 10.2 Å². The standard InChI is InChI=1S/C14H14N2O3S2/c1-14(5-2-6-20-14)12(19)16-13-15-9-4-3-8(11(17)18)7-10(9)21-13/h3-4,7H,2,5-6H2,1H3,(H,17,18)(H,15,16,19). The number of fused-ring (bicyclic) bond motifs is 1. The van der Waals surface area contributed by atoms with Crippen molar-refractivity contribution in [1.29, 1.82) is 0 Å². The summed E-state index contributed by atoms with van der Waals surface area (Å²) >= 11 is 2.97. The molecule has 21 heavy (non-hydrogen) atoms. The third-order valence-electron chi connectivity index (χ3n) is 3.55. The van der Waals surface area contributed by atoms with Crippen LogP contribution in [0.4, 0.5) is 5.13 Å². The Hall–Kier alpha value is -1.60. The number of hydrogen-bond donors (Lipinski definition) is 2. The van der Waals surface area contributed by atoms with Crippen LogP contribution in [0.3, 0.4) is 0 Å². The quantitative estimate of drug-likeness (QED) is 0.907. The number of rotatable bonds is 3. The van der Waals surface area contributed by atoms with Gasteiger partial charge in [0.2, 0.25) is 5.91 Å². The minimum Gasteiger partial charge on any atom is -0.478 e. The van der Waals surface area contributed by atoms with Crippen LogP contribution in [-0.4, -0.2) is 32.5 Å². The second-order valence-electron chi connectivity index (χ2n) is 5.14. The molecule has 0 spiro atoms. The number of amides is 1. The summed E-state index contributed by atoms with van der Waals surface area (Å²) in [5.41, 5.74) is 0.923. The van der Waals surface area contributed by atoms with E-state index in [2.05, 4.69) is 10.3 Å². The number of anilines is 1. The third kappa shape index (κ3) is 2.75. The van der Waals surface area contributed by atoms with E-state index in [1.807, 2.05) is 6.92 Å². The third-order valence-corrected chi connectivity index (χ3v) is 6.01. The summed E-state index contributed by atoms with van der Waals surface area (Å²) in [6.45, 7) is 1.95. The molecule has 0 saturated carbocycles. The summed E-state index contributed by atoms with van der Waals surface area (Å²) in [7, 11) is 0. The van der Waals surface area contributed by atoms with E-state index < -0.39 is 5.97 Å². The maximum Gasteiger partial charge on any atom is 0.335 e. The Balaban J connectivity index is 1.84. The molecule has 1 aliphatic heterocycles. The molecule has 2 aromatic rings. The highest BCUT2D eigenvalue weighted by atomic mass is 32.2. The van der Waals surface area contributed by atoms with Gasteiger partial charge in [0.1, 0.15) is 0 Å². The van der Waals surface area contributed by atoms with Crippen LogP contribution in [0, 0.1) is 0 Å². The predicted molar refractivity (Wildman–Crippen MR) is 85.3 cm³/mol. The van der Waals surface area contributed by atoms with Gasteiger partial charge in [0.15, 0.2) is 5.13 Å². The number of nitrogens with one attached hydrogen (secondary N) is 1. The van der Waals surface area contributed by atoms with Crippen molar-refractivity contribution in [2.24, 2.45) is 0 Å². The Bertz CT molecular complexity index is 720. The zero-order valence-corrected chi connectivity index (χ0v) is 13.0. The molecule has 3 rings (SSSR count). The van der Waals surface area contributed by atoms with Crippen molar-refractivity contribution in [3.8, 4) is 0 Å². The first-order valence-electron chi connectivity index (χ1n) is 6.57. The van der Waals surface area contributed by atoms with Gasteiger partial charge in [-0.05, 0) is 43.7 Å². The van der Waals surface area contributed by atoms with Gasteiger partial charge in [-0.2, -0.15) is 0 Å². The number of aromatic carboxylic acids is 1. The number of thiazole rings is 1. The lowest BCUT2D eigenvalue weighted by Gasteiger charge is -2.20. The van der Waals surface area contributed by atoms with Crippen LogP contribution >= 0.6 is 23.1 Å². The van der Waals surface area contributed by atoms with E-state index in [-0.39, 0.29) is 16.2 Å². The van der Waals surface area contributed by atoms with Gasteiger partial charge < -0.3 is 10.4 Å². The van der Waals surface area contributed by atoms with Crippen LogP contribution in [0.2, 0.25) is 0 Å². The largest absolute Gasteiger partial charge is 0.478 e. The molecule has 1 atom stereocenters. The van der Waals surface area contributed by atoms with Crippen molar-refractivity contribution in [2.45, 2.75) is 24.5 Å². The molecule has 5 nitrogen and oxygen atoms in total. The molecule has 1 saturated heterocycles. The molecule has 1 amide bonds. The number of carbonyl (C=O) groups excluding carboxylic acids is 1. The number of aromatic nitrogens is 1. The molecular formula is C14H14N2O3S2. The molecule has 7 heteroatoms. The molecule has 0 aliphatic carbocycles. The molecule has 1 aliphatic rings. The highest BCUT2D eigenvalue weighted by Crippen LogP contribution is 2.39. The maximum absolute atomic E-state index is 12.3. The van der Waals surface area contributed by atoms with E-state index in [0.29, 0.717) is 10.6 Å². The SMILES string of the molecule is CC1(C(=O)Nc2nc3ccc(C(=O)O)cc3s2)CCCS1. The fourth-order valence-corrected chi connectivity index (χ4v) is 4.41. The van der Waals surface area contributed by atoms with Crippen molar-refractivity contribution in [1.82, 2.24) is 4.98 Å². The van der Waals surface area contributed by atoms with Gasteiger partial charge >= 0.3 is 5.97 Å². The van der Waals surface area contributed by atoms with E-state index in [1.54, 1.807) is 23.9 Å². The summed E-state index contributed by atoms with van der Waals surface area (Å²) in [4.78, 5) is 27.6. The minimum atomic E-state index is -0.967. The van der Waals surface area contributed by atoms with Gasteiger partial charge in [-0.3, -0.25) is 4.79 Å². The fraction of sp³-hybridized carbons (Fsp3) is 0.357. The number of carboxylic acids is 1. The lowest BCUT2D eigenvalue weighted by Crippen LogP contribution is -2.34. The van der Waals surface area contributed by atoms with Crippen molar-refractivity contribution in [3.63, 3.8) is 0 Å². The molecule has 1 fully saturated rings. The molecule has 0 bridgehead atoms. The van der Waals surface area contributed by atoms with Crippen LogP contribution in [-0.2, 0) is 4.79 Å². The first-order chi connectivity index (χ1) is 9.98. The predicted octanol–water partition coefficient (Wildman–Crippen LogP) is 3.22. The van der Waals surface area contributed by atoms with Gasteiger partial charge in [0, 0.05) is 0 Å². The monoisotopic (exact) mass is 322 g/mol. The zero-order valence-electron chi connectivity index (χ0n) is 11.4. The van der Waals surface area contributed by atoms with E-state index in [4.69, 9.17) is 5.11 Å². The summed E-state index contributed by atoms with van der Waals surface area (Å²) < 4.78 is 0.374. The Morgan fingerprint density at radius 3 is 2.90 bits per heavy atom. The maximum atomic E-state index is 12.3. The first-order valence-corrected chi connectivity index (χ1v) is 8.37. The molecule has 2 N–H and O–H groups in total. The van der Waals surface area contributed by atoms with Crippen LogP contribution < -0.4 is 5.32 Å². The van der Waals surface area contributed by atoms with Crippen molar-refractivity contribution in [3.05, 3.63) is 23.8 Å². The van der Waals surface area contributed by atoms with Crippen molar-refractivity contribution in [2.75, 3.05) is 11.1 Å². The van der Waals surface area contributed by atoms with E-state index >= 15 is 0 Å². The van der Waals surface area contributed by atoms with Crippen molar-refractivity contribution < 1.29 is 14.7 Å². The fourth-order valence-electron chi connectivity index (χ4n) is 2.30. The van der Waals surface area contributed by atoms with Crippen LogP contribution in [0.15, 0.2) is 18.2 Å². The van der Waals surface area contributed by atoms with Gasteiger partial charge in [0.25, 0.3) is 0 Å². The van der Waals surface area contributed by atoms with Gasteiger partial charge in [0.05, 0.1) is 20.5 Å². The van der Waals surface area contributed by atoms with Crippen LogP contribution in [0.5, 0.6) is 0 Å². The van der Waals surface area contributed by atoms with Crippen LogP contribution in [0.1, 0.15) is 30.1 Å². The molecule has 110 valence electrons. The van der Waals surface area contributed by atoms with Gasteiger partial charge in [-0.25, -0.2) is 9.78 Å². The Morgan fingerprint density at radius 1 is 1.43 bits per heavy atom. The normalized spacial score (nSPS) is 21.6. The number of hydrogen-bond acceptors (Lipinski definition) is 5. The Kier molecular flexibility index (Phi) is 3.62. The minimum absolute atomic E-state index is 0.0254. The topological polar surface area (TPSA) is 79.3 Å². The molecular weight excluding hydrogens is 308 g/mol. The Morgan fingerprint density at radius 2 is 2.24 bits per heavy atom. The lowest BCUT2D eigenvalue weighted by molar-refractivity contribution is -0.118. The van der Waals surface area contributed by atoms with Gasteiger partial charge in [-0.15, -0.1) is 11.8 Å². The molecule has 1 aromatic heterocycles. The molecule has 1 aromatic carbocycles. The number of carbonyl (C=O) groups is 2. The summed E-state index contributed by atoms with van der Waals surface area (Å²) in [6.07, 6.45) is 1.92. The number of nitrogens with zero attached hydrogens (tertiary/aromatic N) is 1. The van der Waals surface area contributed by atoms with E-state index in [9.17, 15) is 9.59 Å². The highest BCUT2D eigenvalue weighted by Gasteiger charge is 2.37. The number of thioether (sulfide) groups is 1. The Labute approximate surface area is 129 Å². The van der Waals surface area contributed by atoms with E-state index in [1.165, 1.54) is 17.4 Å².